The minimum Gasteiger partial charge on any atom is -0.394 e. The number of carbonyl (C=O) groups is 1. The van der Waals surface area contributed by atoms with Crippen molar-refractivity contribution in [2.75, 3.05) is 6.61 Å². The van der Waals surface area contributed by atoms with E-state index in [0.29, 0.717) is 12.8 Å². The third-order valence-corrected chi connectivity index (χ3v) is 14.2. The van der Waals surface area contributed by atoms with Crippen molar-refractivity contribution in [2.24, 2.45) is 0 Å². The molecule has 0 aromatic carbocycles. The smallest absolute Gasteiger partial charge is 0.220 e. The van der Waals surface area contributed by atoms with E-state index in [2.05, 4.69) is 19.2 Å². The molecule has 0 heterocycles. The number of nitrogens with one attached hydrogen (secondary N) is 1. The van der Waals surface area contributed by atoms with Gasteiger partial charge in [-0.3, -0.25) is 4.79 Å². The summed E-state index contributed by atoms with van der Waals surface area (Å²) >= 11 is 0. The second kappa shape index (κ2) is 54.0. The van der Waals surface area contributed by atoms with Gasteiger partial charge in [0.25, 0.3) is 0 Å². The van der Waals surface area contributed by atoms with Crippen LogP contribution in [0.15, 0.2) is 0 Å². The second-order valence-electron chi connectivity index (χ2n) is 20.6. The fourth-order valence-corrected chi connectivity index (χ4v) is 9.70. The molecule has 0 bridgehead atoms. The van der Waals surface area contributed by atoms with Crippen molar-refractivity contribution >= 4 is 5.91 Å². The summed E-state index contributed by atoms with van der Waals surface area (Å²) in [6.07, 6.45) is 65.7. The molecule has 1 amide bonds. The predicted molar refractivity (Wildman–Crippen MR) is 278 cm³/mol. The van der Waals surface area contributed by atoms with E-state index >= 15 is 0 Å². The number of aliphatic hydroxyl groups excluding tert-OH is 3. The minimum absolute atomic E-state index is 0.137. The van der Waals surface area contributed by atoms with Crippen molar-refractivity contribution in [3.63, 3.8) is 0 Å². The minimum atomic E-state index is -1.13. The SMILES string of the molecule is CCCCCCCCCCCCCCCCCCCCCCCCCCCCCCCCCCCCCCC(=O)N[C@@H](CO)[C@H](O)[C@H](O)CCCCCCCCCCCCCCC. The monoisotopic (exact) mass is 892 g/mol. The molecule has 0 saturated carbocycles. The maximum atomic E-state index is 12.5. The van der Waals surface area contributed by atoms with E-state index in [9.17, 15) is 20.1 Å². The van der Waals surface area contributed by atoms with Crippen LogP contribution in [0.3, 0.4) is 0 Å². The fourth-order valence-electron chi connectivity index (χ4n) is 9.70. The molecule has 63 heavy (non-hydrogen) atoms. The van der Waals surface area contributed by atoms with Gasteiger partial charge in [0.1, 0.15) is 6.10 Å². The molecule has 0 aliphatic heterocycles. The molecule has 0 rings (SSSR count). The molecule has 3 atom stereocenters. The molecule has 0 spiro atoms. The molecule has 0 radical (unpaired) electrons. The van der Waals surface area contributed by atoms with Gasteiger partial charge in [-0.15, -0.1) is 0 Å². The molecular weight excluding hydrogens is 775 g/mol. The average molecular weight is 893 g/mol. The lowest BCUT2D eigenvalue weighted by Gasteiger charge is -2.26. The first kappa shape index (κ1) is 62.4. The number of unbranched alkanes of at least 4 members (excludes halogenated alkanes) is 47. The van der Waals surface area contributed by atoms with Gasteiger partial charge in [-0.05, 0) is 12.8 Å². The number of aliphatic hydroxyl groups is 3. The summed E-state index contributed by atoms with van der Waals surface area (Å²) in [5.74, 6) is -0.137. The van der Waals surface area contributed by atoms with Crippen LogP contribution in [0.4, 0.5) is 0 Å². The van der Waals surface area contributed by atoms with Gasteiger partial charge in [0.2, 0.25) is 5.91 Å². The molecule has 0 fully saturated rings. The number of hydrogen-bond donors (Lipinski definition) is 4. The summed E-state index contributed by atoms with van der Waals surface area (Å²) in [7, 11) is 0. The van der Waals surface area contributed by atoms with Gasteiger partial charge in [-0.2, -0.15) is 0 Å². The molecule has 0 saturated heterocycles. The zero-order valence-corrected chi connectivity index (χ0v) is 43.3. The van der Waals surface area contributed by atoms with Gasteiger partial charge in [0.15, 0.2) is 0 Å². The molecule has 0 aliphatic carbocycles. The summed E-state index contributed by atoms with van der Waals surface area (Å²) in [5.41, 5.74) is 0. The quantitative estimate of drug-likeness (QED) is 0.0458. The van der Waals surface area contributed by atoms with Crippen molar-refractivity contribution in [1.82, 2.24) is 5.32 Å². The second-order valence-corrected chi connectivity index (χ2v) is 20.6. The molecule has 5 heteroatoms. The van der Waals surface area contributed by atoms with Crippen molar-refractivity contribution in [2.45, 2.75) is 360 Å². The standard InChI is InChI=1S/C58H117NO4/c1-3-5-7-9-11-13-15-17-18-19-20-21-22-23-24-25-26-27-28-29-30-31-32-33-34-35-36-37-38-39-41-43-45-47-49-51-53-57(62)59-55(54-60)58(63)56(61)52-50-48-46-44-42-40-16-14-12-10-8-6-4-2/h55-56,58,60-61,63H,3-54H2,1-2H3,(H,59,62)/t55-,56+,58-/m0/s1. The lowest BCUT2D eigenvalue weighted by Crippen LogP contribution is -2.50. The van der Waals surface area contributed by atoms with Crippen LogP contribution >= 0.6 is 0 Å². The van der Waals surface area contributed by atoms with Gasteiger partial charge in [-0.1, -0.05) is 322 Å². The van der Waals surface area contributed by atoms with E-state index in [1.807, 2.05) is 0 Å². The summed E-state index contributed by atoms with van der Waals surface area (Å²) < 4.78 is 0. The first-order chi connectivity index (χ1) is 31.1. The third-order valence-electron chi connectivity index (χ3n) is 14.2. The third kappa shape index (κ3) is 49.1. The highest BCUT2D eigenvalue weighted by atomic mass is 16.3. The largest absolute Gasteiger partial charge is 0.394 e. The Kier molecular flexibility index (Phi) is 53.4. The fraction of sp³-hybridized carbons (Fsp3) is 0.983. The van der Waals surface area contributed by atoms with Crippen molar-refractivity contribution in [1.29, 1.82) is 0 Å². The summed E-state index contributed by atoms with van der Waals surface area (Å²) in [6, 6.07) is -0.803. The van der Waals surface area contributed by atoms with E-state index < -0.39 is 18.2 Å². The lowest BCUT2D eigenvalue weighted by molar-refractivity contribution is -0.124. The Hall–Kier alpha value is -0.650. The van der Waals surface area contributed by atoms with Crippen LogP contribution in [0.2, 0.25) is 0 Å². The highest BCUT2D eigenvalue weighted by Gasteiger charge is 2.26. The Morgan fingerprint density at radius 3 is 0.762 bits per heavy atom. The van der Waals surface area contributed by atoms with Gasteiger partial charge < -0.3 is 20.6 Å². The Bertz CT molecular complexity index is 853. The average Bonchev–Trinajstić information content (AvgIpc) is 3.29. The first-order valence-electron chi connectivity index (χ1n) is 29.3. The zero-order valence-electron chi connectivity index (χ0n) is 43.3. The van der Waals surface area contributed by atoms with Gasteiger partial charge in [-0.25, -0.2) is 0 Å². The van der Waals surface area contributed by atoms with Crippen molar-refractivity contribution in [3.8, 4) is 0 Å². The Morgan fingerprint density at radius 1 is 0.333 bits per heavy atom. The first-order valence-corrected chi connectivity index (χ1v) is 29.3. The molecule has 0 unspecified atom stereocenters. The molecule has 0 aromatic heterocycles. The summed E-state index contributed by atoms with van der Waals surface area (Å²) in [5, 5.41) is 33.7. The van der Waals surface area contributed by atoms with E-state index in [4.69, 9.17) is 0 Å². The molecule has 0 aliphatic rings. The van der Waals surface area contributed by atoms with Gasteiger partial charge in [0, 0.05) is 6.42 Å². The van der Waals surface area contributed by atoms with Crippen LogP contribution < -0.4 is 5.32 Å². The Labute approximate surface area is 396 Å². The normalized spacial score (nSPS) is 13.2. The summed E-state index contributed by atoms with van der Waals surface area (Å²) in [6.45, 7) is 4.21. The molecular formula is C58H117NO4. The molecule has 5 nitrogen and oxygen atoms in total. The predicted octanol–water partition coefficient (Wildman–Crippen LogP) is 18.1. The van der Waals surface area contributed by atoms with Crippen molar-refractivity contribution < 1.29 is 20.1 Å². The van der Waals surface area contributed by atoms with E-state index in [1.165, 1.54) is 283 Å². The molecule has 378 valence electrons. The van der Waals surface area contributed by atoms with Gasteiger partial charge >= 0.3 is 0 Å². The van der Waals surface area contributed by atoms with Gasteiger partial charge in [0.05, 0.1) is 18.8 Å². The van der Waals surface area contributed by atoms with E-state index in [1.54, 1.807) is 0 Å². The zero-order chi connectivity index (χ0) is 45.8. The van der Waals surface area contributed by atoms with Crippen LogP contribution in [0.5, 0.6) is 0 Å². The van der Waals surface area contributed by atoms with Crippen LogP contribution in [0, 0.1) is 0 Å². The van der Waals surface area contributed by atoms with Crippen LogP contribution in [0.1, 0.15) is 341 Å². The van der Waals surface area contributed by atoms with Crippen LogP contribution in [-0.4, -0.2) is 46.1 Å². The highest BCUT2D eigenvalue weighted by molar-refractivity contribution is 5.76. The van der Waals surface area contributed by atoms with E-state index in [-0.39, 0.29) is 12.5 Å². The number of amides is 1. The number of carbonyl (C=O) groups excluding carboxylic acids is 1. The topological polar surface area (TPSA) is 89.8 Å². The highest BCUT2D eigenvalue weighted by Crippen LogP contribution is 2.19. The molecule has 4 N–H and O–H groups in total. The maximum absolute atomic E-state index is 12.5. The Morgan fingerprint density at radius 2 is 0.540 bits per heavy atom. The summed E-state index contributed by atoms with van der Waals surface area (Å²) in [4.78, 5) is 12.5. The number of rotatable bonds is 55. The Balaban J connectivity index is 3.39. The van der Waals surface area contributed by atoms with Crippen molar-refractivity contribution in [3.05, 3.63) is 0 Å². The van der Waals surface area contributed by atoms with Crippen LogP contribution in [-0.2, 0) is 4.79 Å². The number of hydrogen-bond acceptors (Lipinski definition) is 4. The lowest BCUT2D eigenvalue weighted by atomic mass is 9.99. The molecule has 0 aromatic rings. The van der Waals surface area contributed by atoms with E-state index in [0.717, 1.165) is 32.1 Å². The maximum Gasteiger partial charge on any atom is 0.220 e. The van der Waals surface area contributed by atoms with Crippen LogP contribution in [0.25, 0.3) is 0 Å².